The van der Waals surface area contributed by atoms with E-state index in [0.29, 0.717) is 0 Å². The number of hydrogen-bond donors (Lipinski definition) is 4. The van der Waals surface area contributed by atoms with E-state index in [0.717, 1.165) is 28.3 Å². The monoisotopic (exact) mass is 458 g/mol. The van der Waals surface area contributed by atoms with E-state index in [1.165, 1.54) is 21.3 Å². The number of esters is 1. The fourth-order valence-corrected chi connectivity index (χ4v) is 3.49. The van der Waals surface area contributed by atoms with Gasteiger partial charge in [0.2, 0.25) is 18.2 Å². The van der Waals surface area contributed by atoms with Crippen LogP contribution in [0.5, 0.6) is 0 Å². The summed E-state index contributed by atoms with van der Waals surface area (Å²) in [6.45, 7) is 2.56. The Balaban J connectivity index is 3.21. The fourth-order valence-electron chi connectivity index (χ4n) is 3.49. The summed E-state index contributed by atoms with van der Waals surface area (Å²) in [5, 5.41) is 42.4. The number of methoxy groups -OCH3 is 6. The van der Waals surface area contributed by atoms with Gasteiger partial charge in [-0.2, -0.15) is 0 Å². The molecule has 0 spiro atoms. The summed E-state index contributed by atoms with van der Waals surface area (Å²) < 4.78 is 41.2. The number of ether oxygens (including phenoxy) is 8. The zero-order valence-corrected chi connectivity index (χ0v) is 18.9. The molecule has 1 aliphatic heterocycles. The Labute approximate surface area is 180 Å². The van der Waals surface area contributed by atoms with E-state index in [4.69, 9.17) is 37.9 Å². The zero-order valence-electron chi connectivity index (χ0n) is 18.9. The molecular formula is C18H34O13. The van der Waals surface area contributed by atoms with E-state index >= 15 is 0 Å². The molecule has 1 aliphatic rings. The van der Waals surface area contributed by atoms with Gasteiger partial charge in [0.25, 0.3) is 11.6 Å². The second kappa shape index (κ2) is 10.8. The van der Waals surface area contributed by atoms with Crippen molar-refractivity contribution >= 4 is 5.97 Å². The van der Waals surface area contributed by atoms with Gasteiger partial charge in [-0.25, -0.2) is 4.79 Å². The molecule has 0 aromatic heterocycles. The number of hydrogen-bond acceptors (Lipinski definition) is 13. The highest BCUT2D eigenvalue weighted by molar-refractivity contribution is 5.76. The molecule has 13 nitrogen and oxygen atoms in total. The first-order valence-electron chi connectivity index (χ1n) is 9.30. The van der Waals surface area contributed by atoms with Crippen LogP contribution >= 0.6 is 0 Å². The maximum Gasteiger partial charge on any atom is 0.343 e. The molecule has 0 aromatic carbocycles. The van der Waals surface area contributed by atoms with Crippen molar-refractivity contribution in [3.05, 3.63) is 0 Å². The molecule has 4 N–H and O–H groups in total. The lowest BCUT2D eigenvalue weighted by Crippen LogP contribution is -2.74. The lowest BCUT2D eigenvalue weighted by atomic mass is 9.92. The minimum absolute atomic E-state index is 0.555. The second-order valence-electron chi connectivity index (χ2n) is 7.09. The van der Waals surface area contributed by atoms with Gasteiger partial charge in [-0.15, -0.1) is 0 Å². The van der Waals surface area contributed by atoms with Gasteiger partial charge in [-0.1, -0.05) is 0 Å². The first-order valence-corrected chi connectivity index (χ1v) is 9.30. The van der Waals surface area contributed by atoms with Crippen molar-refractivity contribution in [3.63, 3.8) is 0 Å². The van der Waals surface area contributed by atoms with E-state index < -0.39 is 60.1 Å². The standard InChI is InChI=1S/C18H34O13/c1-9-10(24-3)11(25-4)12(26-5)15(30-9)31-14(20)13(19)17(22,28-7)18(23,29-8)16(2,21)27-6/h9-13,15,19,21-23H,1-8H3/t9?,10-,11?,12?,13-,15+,16+,17+,18+/m0/s1. The smallest absolute Gasteiger partial charge is 0.343 e. The molecule has 0 radical (unpaired) electrons. The molecule has 9 atom stereocenters. The summed E-state index contributed by atoms with van der Waals surface area (Å²) in [4.78, 5) is 12.7. The molecule has 3 unspecified atom stereocenters. The zero-order chi connectivity index (χ0) is 24.2. The number of rotatable bonds is 11. The Morgan fingerprint density at radius 2 is 1.39 bits per heavy atom. The third kappa shape index (κ3) is 4.86. The van der Waals surface area contributed by atoms with Gasteiger partial charge in [-0.05, 0) is 13.8 Å². The van der Waals surface area contributed by atoms with Crippen molar-refractivity contribution in [2.24, 2.45) is 0 Å². The minimum atomic E-state index is -3.24. The fraction of sp³-hybridized carbons (Fsp3) is 0.944. The van der Waals surface area contributed by atoms with Crippen LogP contribution in [0.2, 0.25) is 0 Å². The van der Waals surface area contributed by atoms with Crippen LogP contribution < -0.4 is 0 Å². The van der Waals surface area contributed by atoms with Crippen LogP contribution in [0.15, 0.2) is 0 Å². The topological polar surface area (TPSA) is 172 Å². The number of carbonyl (C=O) groups is 1. The largest absolute Gasteiger partial charge is 0.431 e. The van der Waals surface area contributed by atoms with Crippen molar-refractivity contribution in [3.8, 4) is 0 Å². The maximum atomic E-state index is 12.7. The van der Waals surface area contributed by atoms with Crippen LogP contribution in [0.1, 0.15) is 13.8 Å². The summed E-state index contributed by atoms with van der Waals surface area (Å²) in [6, 6.07) is 0. The van der Waals surface area contributed by atoms with Gasteiger partial charge in [0.1, 0.15) is 18.3 Å². The number of aliphatic hydroxyl groups is 4. The summed E-state index contributed by atoms with van der Waals surface area (Å²) in [7, 11) is 6.91. The molecule has 13 heteroatoms. The highest BCUT2D eigenvalue weighted by atomic mass is 16.8. The van der Waals surface area contributed by atoms with Crippen molar-refractivity contribution in [1.82, 2.24) is 0 Å². The highest BCUT2D eigenvalue weighted by Gasteiger charge is 2.68. The predicted molar refractivity (Wildman–Crippen MR) is 100 cm³/mol. The molecule has 0 aromatic rings. The third-order valence-electron chi connectivity index (χ3n) is 5.49. The molecule has 0 amide bonds. The van der Waals surface area contributed by atoms with Crippen molar-refractivity contribution in [2.75, 3.05) is 42.7 Å². The highest BCUT2D eigenvalue weighted by Crippen LogP contribution is 2.38. The Morgan fingerprint density at radius 1 is 0.871 bits per heavy atom. The minimum Gasteiger partial charge on any atom is -0.431 e. The van der Waals surface area contributed by atoms with Crippen molar-refractivity contribution in [2.45, 2.75) is 68.0 Å². The SMILES string of the molecule is COC1C(OC)[C@@H](OC)C(C)O[C@@H]1OC(=O)[C@H](O)[C@@](O)(OC)[C@](O)(OC)[C@](C)(O)OC. The van der Waals surface area contributed by atoms with Gasteiger partial charge in [0.15, 0.2) is 0 Å². The molecule has 0 saturated carbocycles. The molecule has 0 aliphatic carbocycles. The van der Waals surface area contributed by atoms with Gasteiger partial charge in [0.05, 0.1) is 6.10 Å². The Hall–Kier alpha value is -0.970. The normalized spacial score (nSPS) is 33.6. The van der Waals surface area contributed by atoms with E-state index in [-0.39, 0.29) is 0 Å². The first kappa shape index (κ1) is 28.1. The Bertz CT molecular complexity index is 587. The average Bonchev–Trinajstić information content (AvgIpc) is 2.76. The van der Waals surface area contributed by atoms with Crippen LogP contribution in [0.25, 0.3) is 0 Å². The second-order valence-corrected chi connectivity index (χ2v) is 7.09. The molecule has 184 valence electrons. The Morgan fingerprint density at radius 3 is 1.77 bits per heavy atom. The van der Waals surface area contributed by atoms with Crippen LogP contribution in [-0.2, 0) is 42.7 Å². The summed E-state index contributed by atoms with van der Waals surface area (Å²) in [6.07, 6.45) is -6.83. The van der Waals surface area contributed by atoms with Crippen molar-refractivity contribution in [1.29, 1.82) is 0 Å². The molecule has 0 bridgehead atoms. The van der Waals surface area contributed by atoms with E-state index in [9.17, 15) is 25.2 Å². The molecular weight excluding hydrogens is 424 g/mol. The third-order valence-corrected chi connectivity index (χ3v) is 5.49. The van der Waals surface area contributed by atoms with E-state index in [1.54, 1.807) is 6.92 Å². The summed E-state index contributed by atoms with van der Waals surface area (Å²) in [5.74, 6) is -10.5. The number of aliphatic hydroxyl groups excluding tert-OH is 1. The average molecular weight is 458 g/mol. The quantitative estimate of drug-likeness (QED) is 0.193. The number of carbonyl (C=O) groups excluding carboxylic acids is 1. The van der Waals surface area contributed by atoms with Gasteiger partial charge >= 0.3 is 5.97 Å². The Kier molecular flexibility index (Phi) is 9.75. The molecule has 1 heterocycles. The van der Waals surface area contributed by atoms with Crippen LogP contribution in [0, 0.1) is 0 Å². The maximum absolute atomic E-state index is 12.7. The molecule has 31 heavy (non-hydrogen) atoms. The van der Waals surface area contributed by atoms with Crippen LogP contribution in [0.4, 0.5) is 0 Å². The van der Waals surface area contributed by atoms with Gasteiger partial charge in [-0.3, -0.25) is 0 Å². The lowest BCUT2D eigenvalue weighted by Gasteiger charge is -2.48. The van der Waals surface area contributed by atoms with Gasteiger partial charge < -0.3 is 58.3 Å². The molecule has 1 fully saturated rings. The summed E-state index contributed by atoms with van der Waals surface area (Å²) in [5.41, 5.74) is 0. The van der Waals surface area contributed by atoms with Gasteiger partial charge in [0, 0.05) is 42.7 Å². The van der Waals surface area contributed by atoms with Crippen LogP contribution in [-0.4, -0.2) is 123 Å². The molecule has 1 rings (SSSR count). The predicted octanol–water partition coefficient (Wildman–Crippen LogP) is -2.29. The van der Waals surface area contributed by atoms with Crippen molar-refractivity contribution < 1.29 is 63.1 Å². The van der Waals surface area contributed by atoms with E-state index in [2.05, 4.69) is 0 Å². The van der Waals surface area contributed by atoms with Crippen LogP contribution in [0.3, 0.4) is 0 Å². The van der Waals surface area contributed by atoms with E-state index in [1.807, 2.05) is 0 Å². The lowest BCUT2D eigenvalue weighted by molar-refractivity contribution is -0.472. The first-order chi connectivity index (χ1) is 14.3. The molecule has 1 saturated heterocycles. The summed E-state index contributed by atoms with van der Waals surface area (Å²) >= 11 is 0.